The van der Waals surface area contributed by atoms with Crippen LogP contribution in [-0.2, 0) is 0 Å². The molecule has 0 bridgehead atoms. The maximum absolute atomic E-state index is 12.2. The van der Waals surface area contributed by atoms with Gasteiger partial charge < -0.3 is 10.1 Å². The van der Waals surface area contributed by atoms with E-state index in [1.165, 1.54) is 6.20 Å². The van der Waals surface area contributed by atoms with Crippen LogP contribution in [-0.4, -0.2) is 18.0 Å². The predicted octanol–water partition coefficient (Wildman–Crippen LogP) is 4.07. The minimum absolute atomic E-state index is 0.165. The Morgan fingerprint density at radius 1 is 1.45 bits per heavy atom. The quantitative estimate of drug-likeness (QED) is 0.845. The molecule has 2 aromatic rings. The van der Waals surface area contributed by atoms with E-state index in [2.05, 4.69) is 26.2 Å². The number of aryl methyl sites for hydroxylation is 1. The van der Waals surface area contributed by atoms with Gasteiger partial charge in [-0.1, -0.05) is 27.5 Å². The molecule has 1 aromatic heterocycles. The van der Waals surface area contributed by atoms with E-state index in [-0.39, 0.29) is 11.1 Å². The van der Waals surface area contributed by atoms with Crippen molar-refractivity contribution in [2.45, 2.75) is 6.92 Å². The first-order chi connectivity index (χ1) is 9.52. The Morgan fingerprint density at radius 2 is 2.20 bits per heavy atom. The number of methoxy groups -OCH3 is 1. The van der Waals surface area contributed by atoms with Crippen molar-refractivity contribution in [3.63, 3.8) is 0 Å². The largest absolute Gasteiger partial charge is 0.495 e. The third-order valence-corrected chi connectivity index (χ3v) is 3.49. The molecule has 1 amide bonds. The number of nitrogens with one attached hydrogen (secondary N) is 1. The molecule has 4 nitrogen and oxygen atoms in total. The molecule has 0 saturated heterocycles. The van der Waals surface area contributed by atoms with Gasteiger partial charge in [0.25, 0.3) is 5.91 Å². The number of pyridine rings is 1. The van der Waals surface area contributed by atoms with E-state index in [1.807, 2.05) is 13.0 Å². The van der Waals surface area contributed by atoms with Crippen molar-refractivity contribution in [1.29, 1.82) is 0 Å². The summed E-state index contributed by atoms with van der Waals surface area (Å²) >= 11 is 9.30. The van der Waals surface area contributed by atoms with Gasteiger partial charge in [0.2, 0.25) is 0 Å². The second kappa shape index (κ2) is 6.24. The van der Waals surface area contributed by atoms with Crippen molar-refractivity contribution in [3.8, 4) is 5.75 Å². The van der Waals surface area contributed by atoms with Crippen LogP contribution in [0.2, 0.25) is 5.15 Å². The molecule has 0 unspecified atom stereocenters. The lowest BCUT2D eigenvalue weighted by atomic mass is 10.1. The van der Waals surface area contributed by atoms with Crippen LogP contribution in [0.3, 0.4) is 0 Å². The fraction of sp³-hybridized carbons (Fsp3) is 0.143. The monoisotopic (exact) mass is 354 g/mol. The molecular weight excluding hydrogens is 344 g/mol. The molecule has 0 atom stereocenters. The van der Waals surface area contributed by atoms with E-state index in [9.17, 15) is 4.79 Å². The Hall–Kier alpha value is -1.59. The molecule has 0 aliphatic carbocycles. The van der Waals surface area contributed by atoms with Crippen molar-refractivity contribution >= 4 is 39.1 Å². The minimum atomic E-state index is -0.327. The zero-order valence-electron chi connectivity index (χ0n) is 10.9. The van der Waals surface area contributed by atoms with Gasteiger partial charge in [-0.25, -0.2) is 4.98 Å². The molecule has 0 fully saturated rings. The van der Waals surface area contributed by atoms with Crippen molar-refractivity contribution < 1.29 is 9.53 Å². The van der Waals surface area contributed by atoms with Crippen molar-refractivity contribution in [2.75, 3.05) is 12.4 Å². The lowest BCUT2D eigenvalue weighted by molar-refractivity contribution is 0.102. The number of nitrogens with zero attached hydrogens (tertiary/aromatic N) is 1. The number of amides is 1. The molecule has 1 heterocycles. The Morgan fingerprint density at radius 3 is 2.85 bits per heavy atom. The van der Waals surface area contributed by atoms with Gasteiger partial charge in [0.05, 0.1) is 18.4 Å². The molecule has 6 heteroatoms. The zero-order chi connectivity index (χ0) is 14.7. The normalized spacial score (nSPS) is 10.2. The molecular formula is C14H12BrClN2O2. The number of carbonyl (C=O) groups is 1. The number of carbonyl (C=O) groups excluding carboxylic acids is 1. The molecule has 2 rings (SSSR count). The highest BCUT2D eigenvalue weighted by atomic mass is 79.9. The summed E-state index contributed by atoms with van der Waals surface area (Å²) in [5, 5.41) is 2.97. The third-order valence-electron chi connectivity index (χ3n) is 2.73. The summed E-state index contributed by atoms with van der Waals surface area (Å²) in [5.41, 5.74) is 1.81. The van der Waals surface area contributed by atoms with Gasteiger partial charge >= 0.3 is 0 Å². The van der Waals surface area contributed by atoms with Gasteiger partial charge in [0.1, 0.15) is 10.9 Å². The molecule has 0 radical (unpaired) electrons. The molecule has 1 aromatic carbocycles. The topological polar surface area (TPSA) is 51.2 Å². The summed E-state index contributed by atoms with van der Waals surface area (Å²) in [4.78, 5) is 16.1. The number of halogens is 2. The fourth-order valence-electron chi connectivity index (χ4n) is 1.77. The van der Waals surface area contributed by atoms with E-state index in [1.54, 1.807) is 25.3 Å². The van der Waals surface area contributed by atoms with Crippen LogP contribution in [0.15, 0.2) is 34.9 Å². The standard InChI is InChI=1S/C14H12BrClN2O2/c1-8-6-9(15)7-11(20-2)12(8)18-14(19)10-4-3-5-17-13(10)16/h3-7H,1-2H3,(H,18,19). The van der Waals surface area contributed by atoms with Crippen LogP contribution in [0, 0.1) is 6.92 Å². The van der Waals surface area contributed by atoms with Gasteiger partial charge in [0.15, 0.2) is 0 Å². The van der Waals surface area contributed by atoms with Crippen LogP contribution in [0.25, 0.3) is 0 Å². The summed E-state index contributed by atoms with van der Waals surface area (Å²) in [6, 6.07) is 6.95. The number of benzene rings is 1. The summed E-state index contributed by atoms with van der Waals surface area (Å²) < 4.78 is 6.16. The van der Waals surface area contributed by atoms with Gasteiger partial charge in [-0.2, -0.15) is 0 Å². The predicted molar refractivity (Wildman–Crippen MR) is 82.6 cm³/mol. The Kier molecular flexibility index (Phi) is 4.62. The highest BCUT2D eigenvalue weighted by Gasteiger charge is 2.15. The third kappa shape index (κ3) is 3.11. The molecule has 0 aliphatic heterocycles. The number of anilines is 1. The summed E-state index contributed by atoms with van der Waals surface area (Å²) in [6.45, 7) is 1.88. The second-order valence-corrected chi connectivity index (χ2v) is 5.37. The number of aromatic nitrogens is 1. The van der Waals surface area contributed by atoms with Crippen LogP contribution in [0.1, 0.15) is 15.9 Å². The Balaban J connectivity index is 2.35. The van der Waals surface area contributed by atoms with Crippen molar-refractivity contribution in [1.82, 2.24) is 4.98 Å². The highest BCUT2D eigenvalue weighted by molar-refractivity contribution is 9.10. The SMILES string of the molecule is COc1cc(Br)cc(C)c1NC(=O)c1cccnc1Cl. The van der Waals surface area contributed by atoms with Gasteiger partial charge in [0, 0.05) is 10.7 Å². The van der Waals surface area contributed by atoms with Gasteiger partial charge in [-0.3, -0.25) is 4.79 Å². The average Bonchev–Trinajstić information content (AvgIpc) is 2.41. The molecule has 0 aliphatic rings. The lowest BCUT2D eigenvalue weighted by Gasteiger charge is -2.14. The van der Waals surface area contributed by atoms with Crippen LogP contribution >= 0.6 is 27.5 Å². The van der Waals surface area contributed by atoms with E-state index >= 15 is 0 Å². The summed E-state index contributed by atoms with van der Waals surface area (Å²) in [5.74, 6) is 0.247. The van der Waals surface area contributed by atoms with Gasteiger partial charge in [-0.15, -0.1) is 0 Å². The van der Waals surface area contributed by atoms with E-state index in [0.717, 1.165) is 10.0 Å². The van der Waals surface area contributed by atoms with Crippen LogP contribution in [0.4, 0.5) is 5.69 Å². The average molecular weight is 356 g/mol. The van der Waals surface area contributed by atoms with E-state index in [4.69, 9.17) is 16.3 Å². The molecule has 0 spiro atoms. The van der Waals surface area contributed by atoms with Crippen LogP contribution < -0.4 is 10.1 Å². The van der Waals surface area contributed by atoms with Crippen molar-refractivity contribution in [2.24, 2.45) is 0 Å². The Labute approximate surface area is 130 Å². The molecule has 0 saturated carbocycles. The molecule has 104 valence electrons. The second-order valence-electron chi connectivity index (χ2n) is 4.10. The molecule has 20 heavy (non-hydrogen) atoms. The zero-order valence-corrected chi connectivity index (χ0v) is 13.2. The summed E-state index contributed by atoms with van der Waals surface area (Å²) in [6.07, 6.45) is 1.53. The highest BCUT2D eigenvalue weighted by Crippen LogP contribution is 2.32. The van der Waals surface area contributed by atoms with E-state index < -0.39 is 0 Å². The van der Waals surface area contributed by atoms with Crippen LogP contribution in [0.5, 0.6) is 5.75 Å². The summed E-state index contributed by atoms with van der Waals surface area (Å²) in [7, 11) is 1.55. The van der Waals surface area contributed by atoms with E-state index in [0.29, 0.717) is 17.0 Å². The maximum atomic E-state index is 12.2. The first-order valence-corrected chi connectivity index (χ1v) is 6.96. The number of hydrogen-bond donors (Lipinski definition) is 1. The van der Waals surface area contributed by atoms with Crippen molar-refractivity contribution in [3.05, 3.63) is 51.2 Å². The maximum Gasteiger partial charge on any atom is 0.258 e. The minimum Gasteiger partial charge on any atom is -0.495 e. The van der Waals surface area contributed by atoms with Gasteiger partial charge in [-0.05, 0) is 36.8 Å². The first kappa shape index (κ1) is 14.8. The number of ether oxygens (including phenoxy) is 1. The smallest absolute Gasteiger partial charge is 0.258 e. The lowest BCUT2D eigenvalue weighted by Crippen LogP contribution is -2.14. The number of rotatable bonds is 3. The molecule has 1 N–H and O–H groups in total. The number of hydrogen-bond acceptors (Lipinski definition) is 3. The Bertz CT molecular complexity index is 662. The first-order valence-electron chi connectivity index (χ1n) is 5.79. The fourth-order valence-corrected chi connectivity index (χ4v) is 2.53.